The van der Waals surface area contributed by atoms with Crippen molar-refractivity contribution in [3.05, 3.63) is 53.9 Å². The summed E-state index contributed by atoms with van der Waals surface area (Å²) in [7, 11) is 0. The van der Waals surface area contributed by atoms with Crippen LogP contribution in [0.5, 0.6) is 0 Å². The molecule has 1 heterocycles. The predicted octanol–water partition coefficient (Wildman–Crippen LogP) is 2.16. The second kappa shape index (κ2) is 4.14. The first-order valence-corrected chi connectivity index (χ1v) is 5.00. The highest BCUT2D eigenvalue weighted by molar-refractivity contribution is 5.92. The Morgan fingerprint density at radius 3 is 2.56 bits per heavy atom. The molecule has 0 atom stereocenters. The van der Waals surface area contributed by atoms with Crippen molar-refractivity contribution in [2.45, 2.75) is 6.92 Å². The van der Waals surface area contributed by atoms with Gasteiger partial charge in [-0.1, -0.05) is 30.3 Å². The second-order valence-corrected chi connectivity index (χ2v) is 3.61. The lowest BCUT2D eigenvalue weighted by atomic mass is 10.0. The number of nitrogens with two attached hydrogens (primary N) is 1. The Bertz CT molecular complexity index is 521. The Morgan fingerprint density at radius 1 is 1.25 bits per heavy atom. The number of hydrogen-bond acceptors (Lipinski definition) is 2. The third kappa shape index (κ3) is 1.93. The van der Waals surface area contributed by atoms with Crippen molar-refractivity contribution in [3.8, 4) is 11.1 Å². The standard InChI is InChI=1S/C13H12N2O/c1-9-8-15-12(13(14)16)7-11(9)10-5-3-2-4-6-10/h2-8H,1H3,(H2,14,16). The van der Waals surface area contributed by atoms with Gasteiger partial charge < -0.3 is 5.73 Å². The minimum Gasteiger partial charge on any atom is -0.364 e. The highest BCUT2D eigenvalue weighted by atomic mass is 16.1. The number of benzene rings is 1. The smallest absolute Gasteiger partial charge is 0.267 e. The van der Waals surface area contributed by atoms with Gasteiger partial charge in [0.15, 0.2) is 0 Å². The van der Waals surface area contributed by atoms with E-state index in [-0.39, 0.29) is 0 Å². The summed E-state index contributed by atoms with van der Waals surface area (Å²) in [5.74, 6) is -0.503. The van der Waals surface area contributed by atoms with E-state index in [1.807, 2.05) is 37.3 Å². The molecular formula is C13H12N2O. The highest BCUT2D eigenvalue weighted by Crippen LogP contribution is 2.22. The van der Waals surface area contributed by atoms with Crippen LogP contribution in [0.15, 0.2) is 42.6 Å². The van der Waals surface area contributed by atoms with Gasteiger partial charge in [-0.3, -0.25) is 9.78 Å². The van der Waals surface area contributed by atoms with Crippen molar-refractivity contribution >= 4 is 5.91 Å². The van der Waals surface area contributed by atoms with Gasteiger partial charge in [0.25, 0.3) is 5.91 Å². The summed E-state index contributed by atoms with van der Waals surface area (Å²) in [5.41, 5.74) is 8.58. The molecule has 0 saturated heterocycles. The molecule has 0 aliphatic rings. The molecule has 0 spiro atoms. The molecule has 1 amide bonds. The van der Waals surface area contributed by atoms with Gasteiger partial charge >= 0.3 is 0 Å². The molecule has 0 aliphatic carbocycles. The molecule has 0 fully saturated rings. The van der Waals surface area contributed by atoms with E-state index >= 15 is 0 Å². The summed E-state index contributed by atoms with van der Waals surface area (Å²) in [6, 6.07) is 11.6. The molecule has 0 radical (unpaired) electrons. The largest absolute Gasteiger partial charge is 0.364 e. The molecule has 0 bridgehead atoms. The zero-order valence-electron chi connectivity index (χ0n) is 8.97. The molecule has 16 heavy (non-hydrogen) atoms. The van der Waals surface area contributed by atoms with E-state index in [0.717, 1.165) is 16.7 Å². The molecule has 2 N–H and O–H groups in total. The molecule has 3 heteroatoms. The van der Waals surface area contributed by atoms with E-state index in [1.165, 1.54) is 0 Å². The lowest BCUT2D eigenvalue weighted by molar-refractivity contribution is 0.0995. The highest BCUT2D eigenvalue weighted by Gasteiger charge is 2.07. The van der Waals surface area contributed by atoms with Crippen LogP contribution in [-0.2, 0) is 0 Å². The minimum atomic E-state index is -0.503. The maximum Gasteiger partial charge on any atom is 0.267 e. The first-order chi connectivity index (χ1) is 7.68. The average Bonchev–Trinajstić information content (AvgIpc) is 2.30. The van der Waals surface area contributed by atoms with E-state index in [2.05, 4.69) is 4.98 Å². The Hall–Kier alpha value is -2.16. The number of rotatable bonds is 2. The number of nitrogens with zero attached hydrogens (tertiary/aromatic N) is 1. The molecule has 80 valence electrons. The quantitative estimate of drug-likeness (QED) is 0.829. The summed E-state index contributed by atoms with van der Waals surface area (Å²) in [6.07, 6.45) is 1.67. The summed E-state index contributed by atoms with van der Waals surface area (Å²) in [6.45, 7) is 1.96. The van der Waals surface area contributed by atoms with Gasteiger partial charge in [-0.05, 0) is 29.7 Å². The van der Waals surface area contributed by atoms with Crippen LogP contribution in [-0.4, -0.2) is 10.9 Å². The second-order valence-electron chi connectivity index (χ2n) is 3.61. The monoisotopic (exact) mass is 212 g/mol. The number of carbonyl (C=O) groups excluding carboxylic acids is 1. The molecule has 2 rings (SSSR count). The molecule has 0 saturated carbocycles. The SMILES string of the molecule is Cc1cnc(C(N)=O)cc1-c1ccccc1. The van der Waals surface area contributed by atoms with Crippen molar-refractivity contribution in [2.24, 2.45) is 5.73 Å². The van der Waals surface area contributed by atoms with Crippen LogP contribution >= 0.6 is 0 Å². The van der Waals surface area contributed by atoms with Crippen LogP contribution in [0.4, 0.5) is 0 Å². The van der Waals surface area contributed by atoms with Crippen LogP contribution in [0.2, 0.25) is 0 Å². The molecule has 0 unspecified atom stereocenters. The maximum atomic E-state index is 11.1. The fourth-order valence-corrected chi connectivity index (χ4v) is 1.59. The average molecular weight is 212 g/mol. The zero-order chi connectivity index (χ0) is 11.5. The number of amides is 1. The lowest BCUT2D eigenvalue weighted by Gasteiger charge is -2.06. The molecular weight excluding hydrogens is 200 g/mol. The van der Waals surface area contributed by atoms with Crippen molar-refractivity contribution in [1.29, 1.82) is 0 Å². The van der Waals surface area contributed by atoms with E-state index in [9.17, 15) is 4.79 Å². The third-order valence-corrected chi connectivity index (χ3v) is 2.44. The van der Waals surface area contributed by atoms with Gasteiger partial charge in [0, 0.05) is 6.20 Å². The lowest BCUT2D eigenvalue weighted by Crippen LogP contribution is -2.13. The van der Waals surface area contributed by atoms with Crippen LogP contribution < -0.4 is 5.73 Å². The molecule has 3 nitrogen and oxygen atoms in total. The van der Waals surface area contributed by atoms with Gasteiger partial charge in [-0.15, -0.1) is 0 Å². The Balaban J connectivity index is 2.56. The third-order valence-electron chi connectivity index (χ3n) is 2.44. The summed E-state index contributed by atoms with van der Waals surface area (Å²) in [5, 5.41) is 0. The fraction of sp³-hybridized carbons (Fsp3) is 0.0769. The summed E-state index contributed by atoms with van der Waals surface area (Å²) >= 11 is 0. The van der Waals surface area contributed by atoms with Crippen LogP contribution in [0.25, 0.3) is 11.1 Å². The van der Waals surface area contributed by atoms with E-state index < -0.39 is 5.91 Å². The number of pyridine rings is 1. The molecule has 1 aromatic carbocycles. The first-order valence-electron chi connectivity index (χ1n) is 5.00. The van der Waals surface area contributed by atoms with Gasteiger partial charge in [-0.2, -0.15) is 0 Å². The number of primary amides is 1. The number of aryl methyl sites for hydroxylation is 1. The first kappa shape index (κ1) is 10.4. The van der Waals surface area contributed by atoms with Crippen molar-refractivity contribution in [3.63, 3.8) is 0 Å². The number of hydrogen-bond donors (Lipinski definition) is 1. The Morgan fingerprint density at radius 2 is 1.94 bits per heavy atom. The van der Waals surface area contributed by atoms with Crippen molar-refractivity contribution < 1.29 is 4.79 Å². The van der Waals surface area contributed by atoms with E-state index in [1.54, 1.807) is 12.3 Å². The van der Waals surface area contributed by atoms with Gasteiger partial charge in [-0.25, -0.2) is 0 Å². The zero-order valence-corrected chi connectivity index (χ0v) is 8.97. The maximum absolute atomic E-state index is 11.1. The normalized spacial score (nSPS) is 10.1. The minimum absolute atomic E-state index is 0.296. The molecule has 0 aliphatic heterocycles. The molecule has 2 aromatic rings. The Labute approximate surface area is 93.9 Å². The van der Waals surface area contributed by atoms with Gasteiger partial charge in [0.2, 0.25) is 0 Å². The fourth-order valence-electron chi connectivity index (χ4n) is 1.59. The summed E-state index contributed by atoms with van der Waals surface area (Å²) < 4.78 is 0. The van der Waals surface area contributed by atoms with Crippen LogP contribution in [0, 0.1) is 6.92 Å². The van der Waals surface area contributed by atoms with Gasteiger partial charge in [0.1, 0.15) is 5.69 Å². The number of aromatic nitrogens is 1. The topological polar surface area (TPSA) is 56.0 Å². The number of carbonyl (C=O) groups is 1. The van der Waals surface area contributed by atoms with Gasteiger partial charge in [0.05, 0.1) is 0 Å². The Kier molecular flexibility index (Phi) is 2.68. The van der Waals surface area contributed by atoms with Crippen molar-refractivity contribution in [2.75, 3.05) is 0 Å². The van der Waals surface area contributed by atoms with Crippen LogP contribution in [0.3, 0.4) is 0 Å². The van der Waals surface area contributed by atoms with Crippen LogP contribution in [0.1, 0.15) is 16.1 Å². The molecule has 1 aromatic heterocycles. The van der Waals surface area contributed by atoms with E-state index in [0.29, 0.717) is 5.69 Å². The predicted molar refractivity (Wildman–Crippen MR) is 62.9 cm³/mol. The van der Waals surface area contributed by atoms with Crippen molar-refractivity contribution in [1.82, 2.24) is 4.98 Å². The summed E-state index contributed by atoms with van der Waals surface area (Å²) in [4.78, 5) is 15.0. The van der Waals surface area contributed by atoms with E-state index in [4.69, 9.17) is 5.73 Å².